The maximum absolute atomic E-state index is 8.57. The maximum atomic E-state index is 8.57. The molecule has 0 amide bonds. The average molecular weight is 645 g/mol. The lowest BCUT2D eigenvalue weighted by atomic mass is 9.81. The van der Waals surface area contributed by atoms with E-state index in [1.54, 1.807) is 0 Å². The van der Waals surface area contributed by atoms with E-state index in [0.29, 0.717) is 5.56 Å². The van der Waals surface area contributed by atoms with Crippen LogP contribution in [-0.4, -0.2) is 0 Å². The summed E-state index contributed by atoms with van der Waals surface area (Å²) in [4.78, 5) is 2.23. The molecule has 0 aliphatic heterocycles. The third-order valence-corrected chi connectivity index (χ3v) is 10.2. The van der Waals surface area contributed by atoms with Crippen molar-refractivity contribution < 1.29 is 6.85 Å². The standard InChI is InChI=1S/C49H37N/c1-49(2)46-20-12-11-18-43(46)44-30-25-38(33-47(44)49)41-31-32-48(45-19-10-9-17-42(41)45)50(39-26-21-36(22-27-39)34-13-5-3-6-14-34)40-28-23-37(24-29-40)35-15-7-4-8-16-35/h3-33H,1-2H3/i3D,5D,6D,13D,14D. The first-order valence-electron chi connectivity index (χ1n) is 19.5. The van der Waals surface area contributed by atoms with Crippen LogP contribution in [0.1, 0.15) is 31.8 Å². The fraction of sp³-hybridized carbons (Fsp3) is 0.0612. The number of hydrogen-bond donors (Lipinski definition) is 0. The van der Waals surface area contributed by atoms with Gasteiger partial charge in [-0.3, -0.25) is 0 Å². The number of anilines is 3. The Morgan fingerprint density at radius 2 is 0.960 bits per heavy atom. The summed E-state index contributed by atoms with van der Waals surface area (Å²) in [5, 5.41) is 2.22. The van der Waals surface area contributed by atoms with Crippen molar-refractivity contribution in [3.05, 3.63) is 199 Å². The Morgan fingerprint density at radius 1 is 0.420 bits per heavy atom. The van der Waals surface area contributed by atoms with Gasteiger partial charge in [0.05, 0.1) is 12.5 Å². The summed E-state index contributed by atoms with van der Waals surface area (Å²) < 4.78 is 41.6. The van der Waals surface area contributed by atoms with Crippen molar-refractivity contribution in [2.45, 2.75) is 19.3 Å². The first kappa shape index (κ1) is 24.9. The molecule has 0 bridgehead atoms. The van der Waals surface area contributed by atoms with Gasteiger partial charge in [-0.25, -0.2) is 0 Å². The Labute approximate surface area is 301 Å². The molecule has 1 nitrogen and oxygen atoms in total. The van der Waals surface area contributed by atoms with Crippen molar-refractivity contribution in [2.75, 3.05) is 4.90 Å². The highest BCUT2D eigenvalue weighted by Gasteiger charge is 2.35. The van der Waals surface area contributed by atoms with Gasteiger partial charge >= 0.3 is 0 Å². The predicted octanol–water partition coefficient (Wildman–Crippen LogP) is 13.6. The Hall–Kier alpha value is -6.18. The van der Waals surface area contributed by atoms with Gasteiger partial charge in [-0.2, -0.15) is 0 Å². The topological polar surface area (TPSA) is 3.24 Å². The van der Waals surface area contributed by atoms with Gasteiger partial charge in [0, 0.05) is 22.2 Å². The quantitative estimate of drug-likeness (QED) is 0.174. The SMILES string of the molecule is [2H]c1c([2H])c([2H])c(-c2ccc(N(c3ccc(-c4ccccc4)cc3)c3ccc(-c4ccc5c(c4)C(C)(C)c4ccccc4-5)c4ccccc34)cc2)c([2H])c1[2H]. The van der Waals surface area contributed by atoms with E-state index in [-0.39, 0.29) is 35.1 Å². The van der Waals surface area contributed by atoms with Crippen LogP contribution in [0.4, 0.5) is 17.1 Å². The van der Waals surface area contributed by atoms with Crippen molar-refractivity contribution in [1.29, 1.82) is 0 Å². The van der Waals surface area contributed by atoms with Crippen LogP contribution in [0.5, 0.6) is 0 Å². The van der Waals surface area contributed by atoms with Crippen molar-refractivity contribution in [2.24, 2.45) is 0 Å². The molecule has 0 saturated heterocycles. The molecule has 0 radical (unpaired) electrons. The molecule has 0 saturated carbocycles. The number of benzene rings is 8. The molecule has 50 heavy (non-hydrogen) atoms. The minimum atomic E-state index is -0.399. The number of fused-ring (bicyclic) bond motifs is 4. The highest BCUT2D eigenvalue weighted by atomic mass is 15.1. The zero-order valence-electron chi connectivity index (χ0n) is 33.0. The molecule has 0 fully saturated rings. The second-order valence-electron chi connectivity index (χ2n) is 13.4. The molecule has 1 aliphatic rings. The van der Waals surface area contributed by atoms with Crippen molar-refractivity contribution >= 4 is 27.8 Å². The van der Waals surface area contributed by atoms with E-state index >= 15 is 0 Å². The van der Waals surface area contributed by atoms with Crippen LogP contribution >= 0.6 is 0 Å². The van der Waals surface area contributed by atoms with E-state index in [4.69, 9.17) is 6.85 Å². The van der Waals surface area contributed by atoms with Crippen LogP contribution in [0.25, 0.3) is 55.3 Å². The summed E-state index contributed by atoms with van der Waals surface area (Å²) in [6, 6.07) is 53.5. The minimum Gasteiger partial charge on any atom is -0.310 e. The van der Waals surface area contributed by atoms with E-state index in [2.05, 4.69) is 134 Å². The van der Waals surface area contributed by atoms with Crippen LogP contribution in [-0.2, 0) is 5.41 Å². The van der Waals surface area contributed by atoms with Gasteiger partial charge in [-0.05, 0) is 97.4 Å². The molecule has 0 spiro atoms. The third kappa shape index (κ3) is 5.02. The molecule has 0 aromatic heterocycles. The predicted molar refractivity (Wildman–Crippen MR) is 213 cm³/mol. The monoisotopic (exact) mass is 644 g/mol. The van der Waals surface area contributed by atoms with Gasteiger partial charge < -0.3 is 4.90 Å². The third-order valence-electron chi connectivity index (χ3n) is 10.2. The maximum Gasteiger partial charge on any atom is 0.0629 e. The van der Waals surface area contributed by atoms with Crippen LogP contribution < -0.4 is 4.90 Å². The largest absolute Gasteiger partial charge is 0.310 e. The fourth-order valence-electron chi connectivity index (χ4n) is 7.63. The van der Waals surface area contributed by atoms with E-state index in [9.17, 15) is 0 Å². The van der Waals surface area contributed by atoms with Crippen LogP contribution in [0, 0.1) is 0 Å². The lowest BCUT2D eigenvalue weighted by molar-refractivity contribution is 0.660. The molecule has 0 atom stereocenters. The summed E-state index contributed by atoms with van der Waals surface area (Å²) in [6.45, 7) is 4.62. The van der Waals surface area contributed by atoms with Gasteiger partial charge in [-0.15, -0.1) is 0 Å². The molecule has 1 heteroatoms. The van der Waals surface area contributed by atoms with Gasteiger partial charge in [-0.1, -0.05) is 165 Å². The normalized spacial score (nSPS) is 14.2. The Balaban J connectivity index is 1.19. The molecule has 238 valence electrons. The molecule has 8 aromatic rings. The lowest BCUT2D eigenvalue weighted by Crippen LogP contribution is -2.14. The number of rotatable bonds is 6. The van der Waals surface area contributed by atoms with Gasteiger partial charge in [0.1, 0.15) is 0 Å². The van der Waals surface area contributed by atoms with Crippen molar-refractivity contribution in [3.8, 4) is 44.5 Å². The van der Waals surface area contributed by atoms with Crippen LogP contribution in [0.3, 0.4) is 0 Å². The zero-order valence-corrected chi connectivity index (χ0v) is 28.0. The summed E-state index contributed by atoms with van der Waals surface area (Å²) in [5.41, 5.74) is 13.3. The Kier molecular flexibility index (Phi) is 6.00. The van der Waals surface area contributed by atoms with E-state index in [0.717, 1.165) is 44.5 Å². The fourth-order valence-corrected chi connectivity index (χ4v) is 7.63. The van der Waals surface area contributed by atoms with E-state index < -0.39 is 6.04 Å². The molecule has 0 heterocycles. The van der Waals surface area contributed by atoms with Crippen LogP contribution in [0.15, 0.2) is 188 Å². The van der Waals surface area contributed by atoms with E-state index in [1.165, 1.54) is 27.8 Å². The molecular formula is C49H37N. The summed E-state index contributed by atoms with van der Waals surface area (Å²) in [5.74, 6) is 0. The summed E-state index contributed by atoms with van der Waals surface area (Å²) >= 11 is 0. The first-order valence-corrected chi connectivity index (χ1v) is 17.0. The second-order valence-corrected chi connectivity index (χ2v) is 13.4. The Morgan fingerprint density at radius 3 is 1.68 bits per heavy atom. The number of nitrogens with zero attached hydrogens (tertiary/aromatic N) is 1. The van der Waals surface area contributed by atoms with Crippen molar-refractivity contribution in [3.63, 3.8) is 0 Å². The highest BCUT2D eigenvalue weighted by molar-refractivity contribution is 6.06. The molecule has 9 rings (SSSR count). The smallest absolute Gasteiger partial charge is 0.0629 e. The summed E-state index contributed by atoms with van der Waals surface area (Å²) in [7, 11) is 0. The van der Waals surface area contributed by atoms with Gasteiger partial charge in [0.25, 0.3) is 0 Å². The molecule has 0 unspecified atom stereocenters. The average Bonchev–Trinajstić information content (AvgIpc) is 3.46. The minimum absolute atomic E-state index is 0.109. The van der Waals surface area contributed by atoms with Crippen LogP contribution in [0.2, 0.25) is 0 Å². The lowest BCUT2D eigenvalue weighted by Gasteiger charge is -2.28. The molecule has 0 N–H and O–H groups in total. The van der Waals surface area contributed by atoms with Gasteiger partial charge in [0.2, 0.25) is 0 Å². The first-order chi connectivity index (χ1) is 26.6. The summed E-state index contributed by atoms with van der Waals surface area (Å²) in [6.07, 6.45) is 0. The molecule has 8 aromatic carbocycles. The number of hydrogen-bond acceptors (Lipinski definition) is 1. The second kappa shape index (κ2) is 12.1. The molecular weight excluding hydrogens is 603 g/mol. The zero-order chi connectivity index (χ0) is 38.0. The van der Waals surface area contributed by atoms with Gasteiger partial charge in [0.15, 0.2) is 0 Å². The van der Waals surface area contributed by atoms with E-state index in [1.807, 2.05) is 42.5 Å². The highest BCUT2D eigenvalue weighted by Crippen LogP contribution is 2.50. The Bertz CT molecular complexity index is 2740. The van der Waals surface area contributed by atoms with Crippen molar-refractivity contribution in [1.82, 2.24) is 0 Å². The molecule has 1 aliphatic carbocycles.